The van der Waals surface area contributed by atoms with Gasteiger partial charge in [-0.25, -0.2) is 0 Å². The molecule has 1 aromatic rings. The quantitative estimate of drug-likeness (QED) is 0.817. The number of hydrogen-bond acceptors (Lipinski definition) is 4. The van der Waals surface area contributed by atoms with E-state index in [2.05, 4.69) is 34.1 Å². The number of fused-ring (bicyclic) bond motifs is 1. The van der Waals surface area contributed by atoms with Gasteiger partial charge in [-0.15, -0.1) is 0 Å². The largest absolute Gasteiger partial charge is 0.396 e. The molecule has 0 spiro atoms. The first-order chi connectivity index (χ1) is 9.36. The molecule has 1 heterocycles. The fourth-order valence-corrected chi connectivity index (χ4v) is 2.68. The summed E-state index contributed by atoms with van der Waals surface area (Å²) in [4.78, 5) is 4.73. The van der Waals surface area contributed by atoms with Crippen LogP contribution in [0.2, 0.25) is 0 Å². The molecule has 1 aliphatic rings. The molecule has 0 aliphatic carbocycles. The number of anilines is 2. The van der Waals surface area contributed by atoms with Crippen LogP contribution in [-0.4, -0.2) is 49.6 Å². The first-order valence-corrected chi connectivity index (χ1v) is 7.17. The molecular weight excluding hydrogens is 240 g/mol. The van der Waals surface area contributed by atoms with Crippen molar-refractivity contribution in [1.29, 1.82) is 0 Å². The lowest BCUT2D eigenvalue weighted by Crippen LogP contribution is -2.25. The van der Waals surface area contributed by atoms with Crippen molar-refractivity contribution in [3.05, 3.63) is 24.3 Å². The van der Waals surface area contributed by atoms with Gasteiger partial charge >= 0.3 is 0 Å². The molecule has 0 radical (unpaired) electrons. The maximum absolute atomic E-state index is 9.02. The van der Waals surface area contributed by atoms with Gasteiger partial charge in [0.2, 0.25) is 0 Å². The van der Waals surface area contributed by atoms with Gasteiger partial charge in [0.25, 0.3) is 0 Å². The van der Waals surface area contributed by atoms with Crippen molar-refractivity contribution in [2.45, 2.75) is 19.3 Å². The molecule has 1 aliphatic heterocycles. The van der Waals surface area contributed by atoms with Crippen LogP contribution in [0.15, 0.2) is 24.3 Å². The maximum Gasteiger partial charge on any atom is 0.0604 e. The van der Waals surface area contributed by atoms with Crippen molar-refractivity contribution in [1.82, 2.24) is 0 Å². The van der Waals surface area contributed by atoms with Gasteiger partial charge in [-0.2, -0.15) is 0 Å². The van der Waals surface area contributed by atoms with Crippen molar-refractivity contribution >= 4 is 11.4 Å². The summed E-state index contributed by atoms with van der Waals surface area (Å²) in [6, 6.07) is 8.45. The third-order valence-electron chi connectivity index (χ3n) is 3.59. The minimum Gasteiger partial charge on any atom is -0.396 e. The van der Waals surface area contributed by atoms with Gasteiger partial charge < -0.3 is 20.0 Å². The molecule has 4 nitrogen and oxygen atoms in total. The fourth-order valence-electron chi connectivity index (χ4n) is 2.68. The highest BCUT2D eigenvalue weighted by atomic mass is 16.3. The molecule has 0 aromatic heterocycles. The molecule has 1 aromatic carbocycles. The second kappa shape index (κ2) is 7.36. The van der Waals surface area contributed by atoms with Crippen LogP contribution in [0.25, 0.3) is 0 Å². The van der Waals surface area contributed by atoms with Gasteiger partial charge in [0.05, 0.1) is 11.4 Å². The molecule has 0 saturated heterocycles. The Kier molecular flexibility index (Phi) is 5.48. The number of benzene rings is 1. The summed E-state index contributed by atoms with van der Waals surface area (Å²) in [5.74, 6) is 0. The molecule has 19 heavy (non-hydrogen) atoms. The molecule has 0 unspecified atom stereocenters. The Bertz CT molecular complexity index is 349. The van der Waals surface area contributed by atoms with E-state index in [0.29, 0.717) is 0 Å². The van der Waals surface area contributed by atoms with Crippen molar-refractivity contribution < 1.29 is 10.2 Å². The van der Waals surface area contributed by atoms with E-state index in [4.69, 9.17) is 10.2 Å². The van der Waals surface area contributed by atoms with Gasteiger partial charge in [0.15, 0.2) is 0 Å². The van der Waals surface area contributed by atoms with Crippen LogP contribution < -0.4 is 9.80 Å². The molecule has 106 valence electrons. The molecule has 0 atom stereocenters. The zero-order valence-electron chi connectivity index (χ0n) is 11.5. The predicted octanol–water partition coefficient (Wildman–Crippen LogP) is 1.47. The molecule has 0 amide bonds. The molecule has 0 bridgehead atoms. The first-order valence-electron chi connectivity index (χ1n) is 7.17. The van der Waals surface area contributed by atoms with Crippen LogP contribution in [0.3, 0.4) is 0 Å². The second-order valence-corrected chi connectivity index (χ2v) is 4.97. The number of hydrogen-bond donors (Lipinski definition) is 2. The number of nitrogens with zero attached hydrogens (tertiary/aromatic N) is 2. The summed E-state index contributed by atoms with van der Waals surface area (Å²) in [5, 5.41) is 18.0. The normalized spacial score (nSPS) is 15.3. The monoisotopic (exact) mass is 264 g/mol. The second-order valence-electron chi connectivity index (χ2n) is 4.97. The van der Waals surface area contributed by atoms with Crippen LogP contribution in [0.4, 0.5) is 11.4 Å². The molecule has 2 rings (SSSR count). The number of para-hydroxylation sites is 2. The van der Waals surface area contributed by atoms with E-state index in [1.54, 1.807) is 0 Å². The highest BCUT2D eigenvalue weighted by Gasteiger charge is 2.19. The Labute approximate surface area is 115 Å². The SMILES string of the molecule is OCCCN1CCCN(CCCO)c2ccccc21. The van der Waals surface area contributed by atoms with Crippen LogP contribution in [0.5, 0.6) is 0 Å². The third kappa shape index (κ3) is 3.61. The summed E-state index contributed by atoms with van der Waals surface area (Å²) in [7, 11) is 0. The van der Waals surface area contributed by atoms with Gasteiger partial charge in [0, 0.05) is 39.4 Å². The number of aliphatic hydroxyl groups excluding tert-OH is 2. The Morgan fingerprint density at radius 3 is 1.74 bits per heavy atom. The molecule has 0 saturated carbocycles. The third-order valence-corrected chi connectivity index (χ3v) is 3.59. The number of rotatable bonds is 6. The summed E-state index contributed by atoms with van der Waals surface area (Å²) in [6.45, 7) is 4.36. The Hall–Kier alpha value is -1.26. The zero-order valence-corrected chi connectivity index (χ0v) is 11.5. The lowest BCUT2D eigenvalue weighted by atomic mass is 10.2. The highest BCUT2D eigenvalue weighted by Crippen LogP contribution is 2.32. The van der Waals surface area contributed by atoms with Crippen LogP contribution in [0, 0.1) is 0 Å². The van der Waals surface area contributed by atoms with Gasteiger partial charge in [-0.05, 0) is 31.4 Å². The molecule has 0 fully saturated rings. The van der Waals surface area contributed by atoms with Gasteiger partial charge in [0.1, 0.15) is 0 Å². The van der Waals surface area contributed by atoms with Crippen LogP contribution in [-0.2, 0) is 0 Å². The topological polar surface area (TPSA) is 46.9 Å². The van der Waals surface area contributed by atoms with Crippen molar-refractivity contribution in [2.24, 2.45) is 0 Å². The summed E-state index contributed by atoms with van der Waals surface area (Å²) in [6.07, 6.45) is 2.74. The van der Waals surface area contributed by atoms with E-state index in [-0.39, 0.29) is 13.2 Å². The smallest absolute Gasteiger partial charge is 0.0604 e. The Balaban J connectivity index is 2.18. The first kappa shape index (κ1) is 14.2. The van der Waals surface area contributed by atoms with Crippen molar-refractivity contribution in [2.75, 3.05) is 49.2 Å². The minimum absolute atomic E-state index is 0.243. The molecule has 2 N–H and O–H groups in total. The van der Waals surface area contributed by atoms with E-state index in [1.165, 1.54) is 11.4 Å². The van der Waals surface area contributed by atoms with Crippen LogP contribution >= 0.6 is 0 Å². The van der Waals surface area contributed by atoms with Crippen molar-refractivity contribution in [3.63, 3.8) is 0 Å². The Morgan fingerprint density at radius 2 is 1.32 bits per heavy atom. The maximum atomic E-state index is 9.02. The van der Waals surface area contributed by atoms with Gasteiger partial charge in [-0.3, -0.25) is 0 Å². The summed E-state index contributed by atoms with van der Waals surface area (Å²) in [5.41, 5.74) is 2.51. The van der Waals surface area contributed by atoms with Gasteiger partial charge in [-0.1, -0.05) is 12.1 Å². The Morgan fingerprint density at radius 1 is 0.842 bits per heavy atom. The van der Waals surface area contributed by atoms with E-state index in [1.807, 2.05) is 0 Å². The average Bonchev–Trinajstić information content (AvgIpc) is 2.62. The lowest BCUT2D eigenvalue weighted by Gasteiger charge is -2.27. The zero-order chi connectivity index (χ0) is 13.5. The summed E-state index contributed by atoms with van der Waals surface area (Å²) >= 11 is 0. The van der Waals surface area contributed by atoms with E-state index in [0.717, 1.165) is 45.4 Å². The van der Waals surface area contributed by atoms with E-state index >= 15 is 0 Å². The average molecular weight is 264 g/mol. The van der Waals surface area contributed by atoms with Crippen molar-refractivity contribution in [3.8, 4) is 0 Å². The standard InChI is InChI=1S/C15H24N2O2/c18-12-4-10-16-8-3-9-17(11-5-13-19)15-7-2-1-6-14(15)16/h1-2,6-7,18-19H,3-5,8-13H2. The minimum atomic E-state index is 0.243. The molecule has 4 heteroatoms. The highest BCUT2D eigenvalue weighted by molar-refractivity contribution is 5.72. The summed E-state index contributed by atoms with van der Waals surface area (Å²) < 4.78 is 0. The predicted molar refractivity (Wildman–Crippen MR) is 78.9 cm³/mol. The van der Waals surface area contributed by atoms with E-state index < -0.39 is 0 Å². The fraction of sp³-hybridized carbons (Fsp3) is 0.600. The van der Waals surface area contributed by atoms with E-state index in [9.17, 15) is 0 Å². The lowest BCUT2D eigenvalue weighted by molar-refractivity contribution is 0.289. The molecular formula is C15H24N2O2. The number of aliphatic hydroxyl groups is 2. The van der Waals surface area contributed by atoms with Crippen LogP contribution in [0.1, 0.15) is 19.3 Å².